The molecule has 1 aliphatic rings. The van der Waals surface area contributed by atoms with E-state index in [2.05, 4.69) is 59.4 Å². The summed E-state index contributed by atoms with van der Waals surface area (Å²) in [5, 5.41) is 50.4. The van der Waals surface area contributed by atoms with Crippen molar-refractivity contribution in [3.8, 4) is 0 Å². The van der Waals surface area contributed by atoms with Gasteiger partial charge in [-0.3, -0.25) is 18.6 Å². The molecular formula is C46H83O13P. The fourth-order valence-electron chi connectivity index (χ4n) is 6.68. The third-order valence-electron chi connectivity index (χ3n) is 10.3. The second kappa shape index (κ2) is 36.5. The quantitative estimate of drug-likeness (QED) is 0.0148. The van der Waals surface area contributed by atoms with Gasteiger partial charge >= 0.3 is 19.8 Å². The van der Waals surface area contributed by atoms with Crippen molar-refractivity contribution in [3.63, 3.8) is 0 Å². The Morgan fingerprint density at radius 2 is 1.00 bits per heavy atom. The highest BCUT2D eigenvalue weighted by Gasteiger charge is 2.51. The molecular weight excluding hydrogens is 791 g/mol. The van der Waals surface area contributed by atoms with Gasteiger partial charge in [-0.25, -0.2) is 4.57 Å². The maximum Gasteiger partial charge on any atom is 0.472 e. The second-order valence-electron chi connectivity index (χ2n) is 15.7. The molecule has 0 spiro atoms. The van der Waals surface area contributed by atoms with Gasteiger partial charge in [0, 0.05) is 12.8 Å². The zero-order chi connectivity index (χ0) is 48.8. The fourth-order valence-corrected chi connectivity index (χ4v) is 7.48. The molecule has 1 aliphatic carbocycles. The molecule has 60 heavy (non-hydrogen) atoms. The molecule has 14 heteroatoms. The standard InChI is InChI=1S/C46H83O13P/c1-3-5-7-9-11-13-15-17-19-20-21-23-25-27-29-31-33-35-40(48)58-38(37-57-60(54,55)59-46-44(52)42(50)41(49)43(51)45(46)53)36-56-39(47)34-32-30-28-26-24-22-18-16-14-12-10-8-6-4-2/h5,7,11,13,17,19,38,41-46,49-53H,3-4,6,8-10,12,14-16,18,20-37H2,1-2H3,(H,54,55)/b7-5-,13-11-,19-17-/t38-,41?,42-,43+,44-,45-,46?/m1/s1/i36D2,37D2,38D. The van der Waals surface area contributed by atoms with Crippen LogP contribution in [0.2, 0.25) is 0 Å². The number of carbonyl (C=O) groups excluding carboxylic acids is 2. The molecule has 0 radical (unpaired) electrons. The van der Waals surface area contributed by atoms with E-state index in [1.165, 1.54) is 51.4 Å². The summed E-state index contributed by atoms with van der Waals surface area (Å²) < 4.78 is 75.0. The molecule has 0 saturated heterocycles. The Kier molecular flexibility index (Phi) is 29.0. The lowest BCUT2D eigenvalue weighted by Crippen LogP contribution is -2.64. The minimum absolute atomic E-state index is 0.209. The molecule has 0 aromatic rings. The number of ether oxygens (including phenoxy) is 2. The molecule has 8 atom stereocenters. The van der Waals surface area contributed by atoms with Crippen molar-refractivity contribution in [1.29, 1.82) is 0 Å². The van der Waals surface area contributed by atoms with Gasteiger partial charge < -0.3 is 39.9 Å². The number of aliphatic hydroxyl groups excluding tert-OH is 5. The minimum atomic E-state index is -6.00. The largest absolute Gasteiger partial charge is 0.472 e. The number of phosphoric ester groups is 1. The van der Waals surface area contributed by atoms with Gasteiger partial charge in [-0.1, -0.05) is 166 Å². The Hall–Kier alpha value is -1.93. The van der Waals surface area contributed by atoms with Crippen LogP contribution < -0.4 is 0 Å². The van der Waals surface area contributed by atoms with Crippen molar-refractivity contribution in [2.24, 2.45) is 0 Å². The predicted octanol–water partition coefficient (Wildman–Crippen LogP) is 9.00. The van der Waals surface area contributed by atoms with Crippen LogP contribution in [0.15, 0.2) is 36.5 Å². The molecule has 0 amide bonds. The predicted molar refractivity (Wildman–Crippen MR) is 235 cm³/mol. The van der Waals surface area contributed by atoms with Crippen LogP contribution in [0, 0.1) is 0 Å². The first-order valence-corrected chi connectivity index (χ1v) is 24.3. The third-order valence-corrected chi connectivity index (χ3v) is 11.2. The van der Waals surface area contributed by atoms with Crippen molar-refractivity contribution in [3.05, 3.63) is 36.5 Å². The molecule has 1 saturated carbocycles. The zero-order valence-electron chi connectivity index (χ0n) is 41.5. The van der Waals surface area contributed by atoms with Gasteiger partial charge in [-0.05, 0) is 44.9 Å². The normalized spacial score (nSPS) is 24.7. The Labute approximate surface area is 368 Å². The van der Waals surface area contributed by atoms with E-state index in [-0.39, 0.29) is 19.3 Å². The number of esters is 2. The van der Waals surface area contributed by atoms with Crippen LogP contribution in [0.4, 0.5) is 0 Å². The maximum atomic E-state index is 13.1. The second-order valence-corrected chi connectivity index (χ2v) is 17.0. The SMILES string of the molecule is [2H]C([2H])(OC(=O)CCCCCCCCCCCCCCCC)[C@@]([2H])(OC(=O)CCCCCCCCC/C=C\C/C=C\C/C=C\CC)C([2H])([2H])OP(=O)(O)OC1[C@H](O)[C@H](O)C(O)[C@H](O)[C@H]1O. The molecule has 3 unspecified atom stereocenters. The van der Waals surface area contributed by atoms with E-state index in [1.54, 1.807) is 0 Å². The first-order valence-electron chi connectivity index (χ1n) is 25.3. The number of unbranched alkanes of at least 4 members (excludes halogenated alkanes) is 20. The fraction of sp³-hybridized carbons (Fsp3) is 0.826. The smallest absolute Gasteiger partial charge is 0.462 e. The van der Waals surface area contributed by atoms with E-state index >= 15 is 0 Å². The van der Waals surface area contributed by atoms with E-state index in [4.69, 9.17) is 16.3 Å². The van der Waals surface area contributed by atoms with Crippen LogP contribution in [-0.4, -0.2) is 98.2 Å². The highest BCUT2D eigenvalue weighted by molar-refractivity contribution is 7.47. The summed E-state index contributed by atoms with van der Waals surface area (Å²) in [6.45, 7) is -3.68. The van der Waals surface area contributed by atoms with Crippen LogP contribution in [0.5, 0.6) is 0 Å². The monoisotopic (exact) mass is 880 g/mol. The summed E-state index contributed by atoms with van der Waals surface area (Å²) >= 11 is 0. The molecule has 1 rings (SSSR count). The van der Waals surface area contributed by atoms with Gasteiger partial charge in [0.2, 0.25) is 0 Å². The number of allylic oxidation sites excluding steroid dienone is 6. The lowest BCUT2D eigenvalue weighted by Gasteiger charge is -2.41. The summed E-state index contributed by atoms with van der Waals surface area (Å²) in [4.78, 5) is 36.5. The Morgan fingerprint density at radius 1 is 0.583 bits per heavy atom. The summed E-state index contributed by atoms with van der Waals surface area (Å²) in [6, 6.07) is 0. The van der Waals surface area contributed by atoms with E-state index in [0.717, 1.165) is 83.5 Å². The molecule has 0 aromatic heterocycles. The zero-order valence-corrected chi connectivity index (χ0v) is 37.4. The summed E-state index contributed by atoms with van der Waals surface area (Å²) in [5.41, 5.74) is 0. The molecule has 350 valence electrons. The van der Waals surface area contributed by atoms with Gasteiger partial charge in [0.05, 0.1) is 13.4 Å². The van der Waals surface area contributed by atoms with Gasteiger partial charge in [0.1, 0.15) is 43.2 Å². The highest BCUT2D eigenvalue weighted by atomic mass is 31.2. The van der Waals surface area contributed by atoms with Gasteiger partial charge in [-0.2, -0.15) is 0 Å². The lowest BCUT2D eigenvalue weighted by molar-refractivity contribution is -0.220. The molecule has 6 N–H and O–H groups in total. The average Bonchev–Trinajstić information content (AvgIpc) is 3.24. The number of hydrogen-bond donors (Lipinski definition) is 6. The molecule has 0 aliphatic heterocycles. The number of aliphatic hydroxyl groups is 5. The van der Waals surface area contributed by atoms with Crippen molar-refractivity contribution in [2.75, 3.05) is 13.1 Å². The summed E-state index contributed by atoms with van der Waals surface area (Å²) in [7, 11) is -6.00. The van der Waals surface area contributed by atoms with Crippen LogP contribution in [0.3, 0.4) is 0 Å². The topological polar surface area (TPSA) is 210 Å². The third kappa shape index (κ3) is 28.6. The van der Waals surface area contributed by atoms with E-state index in [0.29, 0.717) is 12.8 Å². The van der Waals surface area contributed by atoms with E-state index in [1.807, 2.05) is 0 Å². The number of carbonyl (C=O) groups is 2. The van der Waals surface area contributed by atoms with Gasteiger partial charge in [-0.15, -0.1) is 0 Å². The lowest BCUT2D eigenvalue weighted by atomic mass is 9.85. The van der Waals surface area contributed by atoms with Crippen LogP contribution >= 0.6 is 7.82 Å². The van der Waals surface area contributed by atoms with E-state index in [9.17, 15) is 44.6 Å². The van der Waals surface area contributed by atoms with E-state index < -0.39 is 82.0 Å². The van der Waals surface area contributed by atoms with Gasteiger partial charge in [0.25, 0.3) is 0 Å². The Morgan fingerprint density at radius 3 is 1.50 bits per heavy atom. The maximum absolute atomic E-state index is 13.1. The van der Waals surface area contributed by atoms with Crippen LogP contribution in [0.25, 0.3) is 0 Å². The summed E-state index contributed by atoms with van der Waals surface area (Å²) in [6.07, 6.45) is 18.6. The number of rotatable bonds is 38. The Balaban J connectivity index is 2.81. The van der Waals surface area contributed by atoms with Crippen LogP contribution in [-0.2, 0) is 32.7 Å². The molecule has 13 nitrogen and oxygen atoms in total. The number of hydrogen-bond acceptors (Lipinski definition) is 12. The Bertz CT molecular complexity index is 1420. The number of phosphoric acid groups is 1. The van der Waals surface area contributed by atoms with Gasteiger partial charge in [0.15, 0.2) is 6.08 Å². The minimum Gasteiger partial charge on any atom is -0.462 e. The first-order chi connectivity index (χ1) is 30.8. The van der Waals surface area contributed by atoms with Crippen molar-refractivity contribution in [2.45, 2.75) is 230 Å². The molecule has 0 aromatic carbocycles. The van der Waals surface area contributed by atoms with Crippen molar-refractivity contribution in [1.82, 2.24) is 0 Å². The van der Waals surface area contributed by atoms with Crippen LogP contribution in [0.1, 0.15) is 194 Å². The molecule has 0 bridgehead atoms. The highest BCUT2D eigenvalue weighted by Crippen LogP contribution is 2.47. The van der Waals surface area contributed by atoms with Crippen molar-refractivity contribution >= 4 is 19.8 Å². The molecule has 0 heterocycles. The summed E-state index contributed by atoms with van der Waals surface area (Å²) in [5.74, 6) is -2.50. The van der Waals surface area contributed by atoms with Crippen molar-refractivity contribution < 1.29 is 70.0 Å². The molecule has 1 fully saturated rings. The average molecular weight is 880 g/mol. The first kappa shape index (κ1) is 47.5.